The second kappa shape index (κ2) is 56.1. The molecule has 0 bridgehead atoms. The topological polar surface area (TPSA) is 78.9 Å². The molecule has 0 amide bonds. The first-order chi connectivity index (χ1) is 34.0. The van der Waals surface area contributed by atoms with E-state index in [1.807, 2.05) is 0 Å². The highest BCUT2D eigenvalue weighted by Gasteiger charge is 2.19. The Morgan fingerprint density at radius 1 is 0.290 bits per heavy atom. The summed E-state index contributed by atoms with van der Waals surface area (Å²) >= 11 is 0. The Labute approximate surface area is 424 Å². The molecule has 388 valence electrons. The lowest BCUT2D eigenvalue weighted by molar-refractivity contribution is -0.167. The van der Waals surface area contributed by atoms with Crippen molar-refractivity contribution in [1.82, 2.24) is 0 Å². The third-order valence-corrected chi connectivity index (χ3v) is 11.1. The van der Waals surface area contributed by atoms with E-state index in [1.54, 1.807) is 0 Å². The van der Waals surface area contributed by atoms with Crippen LogP contribution >= 0.6 is 0 Å². The molecule has 6 nitrogen and oxygen atoms in total. The monoisotopic (exact) mass is 953 g/mol. The maximum Gasteiger partial charge on any atom is 0.306 e. The number of hydrogen-bond acceptors (Lipinski definition) is 6. The van der Waals surface area contributed by atoms with E-state index in [0.717, 1.165) is 167 Å². The minimum atomic E-state index is -0.810. The number of unbranched alkanes of at least 4 members (excludes halogenated alkanes) is 15. The van der Waals surface area contributed by atoms with Crippen LogP contribution in [0.2, 0.25) is 0 Å². The zero-order valence-corrected chi connectivity index (χ0v) is 44.3. The van der Waals surface area contributed by atoms with Gasteiger partial charge in [-0.3, -0.25) is 14.4 Å². The van der Waals surface area contributed by atoms with Gasteiger partial charge in [0.05, 0.1) is 0 Å². The second-order valence-electron chi connectivity index (χ2n) is 17.7. The van der Waals surface area contributed by atoms with Gasteiger partial charge in [-0.15, -0.1) is 0 Å². The third kappa shape index (κ3) is 54.4. The third-order valence-electron chi connectivity index (χ3n) is 11.1. The fourth-order valence-electron chi connectivity index (χ4n) is 7.08. The van der Waals surface area contributed by atoms with Crippen molar-refractivity contribution in [3.8, 4) is 0 Å². The lowest BCUT2D eigenvalue weighted by Crippen LogP contribution is -2.30. The van der Waals surface area contributed by atoms with Gasteiger partial charge in [0.1, 0.15) is 13.2 Å². The van der Waals surface area contributed by atoms with Crippen LogP contribution in [0.5, 0.6) is 0 Å². The van der Waals surface area contributed by atoms with Gasteiger partial charge < -0.3 is 14.2 Å². The molecular formula is C63H100O6. The molecule has 0 aliphatic rings. The Morgan fingerprint density at radius 2 is 0.522 bits per heavy atom. The molecule has 0 N–H and O–H groups in total. The molecule has 0 rings (SSSR count). The minimum Gasteiger partial charge on any atom is -0.462 e. The van der Waals surface area contributed by atoms with Crippen molar-refractivity contribution >= 4 is 17.9 Å². The lowest BCUT2D eigenvalue weighted by atomic mass is 10.1. The van der Waals surface area contributed by atoms with Gasteiger partial charge in [-0.05, 0) is 128 Å². The molecule has 0 radical (unpaired) electrons. The second-order valence-corrected chi connectivity index (χ2v) is 17.7. The molecule has 6 heteroatoms. The molecule has 0 saturated carbocycles. The number of carbonyl (C=O) groups excluding carboxylic acids is 3. The summed E-state index contributed by atoms with van der Waals surface area (Å²) in [5, 5.41) is 0. The van der Waals surface area contributed by atoms with E-state index in [1.165, 1.54) is 19.3 Å². The number of esters is 3. The summed E-state index contributed by atoms with van der Waals surface area (Å²) in [6, 6.07) is 0. The molecule has 0 aliphatic carbocycles. The predicted octanol–water partition coefficient (Wildman–Crippen LogP) is 18.6. The van der Waals surface area contributed by atoms with E-state index in [2.05, 4.69) is 154 Å². The molecular weight excluding hydrogens is 853 g/mol. The molecule has 0 fully saturated rings. The van der Waals surface area contributed by atoms with Crippen molar-refractivity contribution in [2.45, 2.75) is 232 Å². The maximum absolute atomic E-state index is 12.9. The summed E-state index contributed by atoms with van der Waals surface area (Å²) in [5.74, 6) is -0.970. The molecule has 0 heterocycles. The van der Waals surface area contributed by atoms with E-state index < -0.39 is 6.10 Å². The first-order valence-corrected chi connectivity index (χ1v) is 27.7. The van der Waals surface area contributed by atoms with Crippen molar-refractivity contribution < 1.29 is 28.6 Å². The van der Waals surface area contributed by atoms with Crippen LogP contribution in [-0.2, 0) is 28.6 Å². The molecule has 0 aliphatic heterocycles. The number of hydrogen-bond donors (Lipinski definition) is 0. The SMILES string of the molecule is CC/C=C\C/C=C\C/C=C\C/C=C\C/C=C\CCCCCC(=O)OCC(COC(=O)CCCCCCC/C=C\C/C=C\C/C=C\CC)OC(=O)CCCCCCCCC/C=C\C/C=C\C/C=C\CC. The van der Waals surface area contributed by atoms with Gasteiger partial charge in [-0.2, -0.15) is 0 Å². The number of allylic oxidation sites excluding steroid dienone is 22. The summed E-state index contributed by atoms with van der Waals surface area (Å²) in [5.41, 5.74) is 0. The minimum absolute atomic E-state index is 0.107. The maximum atomic E-state index is 12.9. The molecule has 0 spiro atoms. The highest BCUT2D eigenvalue weighted by atomic mass is 16.6. The normalized spacial score (nSPS) is 13.1. The fourth-order valence-corrected chi connectivity index (χ4v) is 7.08. The molecule has 0 aromatic carbocycles. The molecule has 0 aromatic rings. The van der Waals surface area contributed by atoms with E-state index in [0.29, 0.717) is 19.3 Å². The van der Waals surface area contributed by atoms with Gasteiger partial charge in [0.15, 0.2) is 6.10 Å². The van der Waals surface area contributed by atoms with Gasteiger partial charge in [-0.25, -0.2) is 0 Å². The van der Waals surface area contributed by atoms with Crippen LogP contribution in [0.4, 0.5) is 0 Å². The largest absolute Gasteiger partial charge is 0.462 e. The van der Waals surface area contributed by atoms with E-state index in [4.69, 9.17) is 14.2 Å². The fraction of sp³-hybridized carbons (Fsp3) is 0.603. The number of rotatable bonds is 48. The van der Waals surface area contributed by atoms with Gasteiger partial charge in [0.2, 0.25) is 0 Å². The van der Waals surface area contributed by atoms with Gasteiger partial charge in [0, 0.05) is 19.3 Å². The first-order valence-electron chi connectivity index (χ1n) is 27.7. The quantitative estimate of drug-likeness (QED) is 0.0262. The van der Waals surface area contributed by atoms with Crippen LogP contribution in [0, 0.1) is 0 Å². The van der Waals surface area contributed by atoms with Crippen molar-refractivity contribution in [1.29, 1.82) is 0 Å². The van der Waals surface area contributed by atoms with Crippen LogP contribution in [0.1, 0.15) is 226 Å². The Morgan fingerprint density at radius 3 is 0.826 bits per heavy atom. The van der Waals surface area contributed by atoms with Crippen molar-refractivity contribution in [2.24, 2.45) is 0 Å². The smallest absolute Gasteiger partial charge is 0.306 e. The highest BCUT2D eigenvalue weighted by molar-refractivity contribution is 5.71. The van der Waals surface area contributed by atoms with Crippen LogP contribution in [0.15, 0.2) is 134 Å². The highest BCUT2D eigenvalue weighted by Crippen LogP contribution is 2.13. The van der Waals surface area contributed by atoms with Gasteiger partial charge >= 0.3 is 17.9 Å². The summed E-state index contributed by atoms with van der Waals surface area (Å²) in [4.78, 5) is 38.1. The van der Waals surface area contributed by atoms with Crippen LogP contribution in [-0.4, -0.2) is 37.2 Å². The average molecular weight is 953 g/mol. The van der Waals surface area contributed by atoms with E-state index in [9.17, 15) is 14.4 Å². The number of ether oxygens (including phenoxy) is 3. The Kier molecular flexibility index (Phi) is 52.5. The van der Waals surface area contributed by atoms with Crippen molar-refractivity contribution in [3.63, 3.8) is 0 Å². The molecule has 69 heavy (non-hydrogen) atoms. The van der Waals surface area contributed by atoms with E-state index in [-0.39, 0.29) is 31.1 Å². The lowest BCUT2D eigenvalue weighted by Gasteiger charge is -2.18. The summed E-state index contributed by atoms with van der Waals surface area (Å²) in [6.07, 6.45) is 78.6. The zero-order valence-electron chi connectivity index (χ0n) is 44.3. The molecule has 1 atom stereocenters. The standard InChI is InChI=1S/C63H100O6/c1-4-7-10-13-16-19-22-25-28-30-31-33-35-38-41-44-47-50-53-56-62(65)68-59-60(58-67-61(64)55-52-49-46-43-40-37-34-27-24-21-18-15-12-9-6-3)69-63(66)57-54-51-48-45-42-39-36-32-29-26-23-20-17-14-11-8-5-2/h7-12,16-21,25-29,31,33-34,38,41,60H,4-6,13-15,22-24,30,32,35-37,39-40,42-59H2,1-3H3/b10-7-,11-8-,12-9-,19-16-,20-17-,21-18-,28-25-,29-26-,33-31-,34-27-,41-38-. The van der Waals surface area contributed by atoms with E-state index >= 15 is 0 Å². The summed E-state index contributed by atoms with van der Waals surface area (Å²) in [7, 11) is 0. The molecule has 0 aromatic heterocycles. The zero-order chi connectivity index (χ0) is 50.0. The van der Waals surface area contributed by atoms with Crippen LogP contribution in [0.3, 0.4) is 0 Å². The summed E-state index contributed by atoms with van der Waals surface area (Å²) in [6.45, 7) is 6.24. The predicted molar refractivity (Wildman–Crippen MR) is 297 cm³/mol. The molecule has 1 unspecified atom stereocenters. The Balaban J connectivity index is 4.51. The Hall–Kier alpha value is -4.45. The van der Waals surface area contributed by atoms with Crippen LogP contribution < -0.4 is 0 Å². The molecule has 0 saturated heterocycles. The van der Waals surface area contributed by atoms with Gasteiger partial charge in [-0.1, -0.05) is 212 Å². The van der Waals surface area contributed by atoms with Crippen molar-refractivity contribution in [2.75, 3.05) is 13.2 Å². The summed E-state index contributed by atoms with van der Waals surface area (Å²) < 4.78 is 16.8. The van der Waals surface area contributed by atoms with Crippen molar-refractivity contribution in [3.05, 3.63) is 134 Å². The average Bonchev–Trinajstić information content (AvgIpc) is 3.35. The Bertz CT molecular complexity index is 1510. The van der Waals surface area contributed by atoms with Gasteiger partial charge in [0.25, 0.3) is 0 Å². The van der Waals surface area contributed by atoms with Crippen LogP contribution in [0.25, 0.3) is 0 Å². The number of carbonyl (C=O) groups is 3. The first kappa shape index (κ1) is 64.5.